The summed E-state index contributed by atoms with van der Waals surface area (Å²) in [6.45, 7) is 0. The van der Waals surface area contributed by atoms with Gasteiger partial charge in [-0.05, 0) is 6.42 Å². The van der Waals surface area contributed by atoms with Crippen molar-refractivity contribution in [2.75, 3.05) is 0 Å². The summed E-state index contributed by atoms with van der Waals surface area (Å²) in [6, 6.07) is 0. The predicted molar refractivity (Wildman–Crippen MR) is 39.1 cm³/mol. The SMILES string of the molecule is NC(=S)C1CCC(F)(F)C1. The van der Waals surface area contributed by atoms with Crippen molar-refractivity contribution >= 4 is 17.2 Å². The molecule has 10 heavy (non-hydrogen) atoms. The molecule has 4 heteroatoms. The van der Waals surface area contributed by atoms with Crippen LogP contribution in [0.15, 0.2) is 0 Å². The third kappa shape index (κ3) is 1.62. The molecule has 1 fully saturated rings. The fourth-order valence-corrected chi connectivity index (χ4v) is 1.39. The lowest BCUT2D eigenvalue weighted by Crippen LogP contribution is -2.20. The molecule has 0 bridgehead atoms. The van der Waals surface area contributed by atoms with Crippen molar-refractivity contribution in [3.8, 4) is 0 Å². The van der Waals surface area contributed by atoms with Gasteiger partial charge in [0.1, 0.15) is 0 Å². The Morgan fingerprint density at radius 1 is 1.60 bits per heavy atom. The lowest BCUT2D eigenvalue weighted by atomic mass is 10.1. The standard InChI is InChI=1S/C6H9F2NS/c7-6(8)2-1-4(3-6)5(9)10/h4H,1-3H2,(H2,9,10). The van der Waals surface area contributed by atoms with Crippen molar-refractivity contribution in [2.24, 2.45) is 11.7 Å². The number of alkyl halides is 2. The molecule has 0 aliphatic heterocycles. The van der Waals surface area contributed by atoms with Gasteiger partial charge in [0.2, 0.25) is 5.92 Å². The van der Waals surface area contributed by atoms with Crippen LogP contribution in [0.1, 0.15) is 19.3 Å². The van der Waals surface area contributed by atoms with Crippen molar-refractivity contribution < 1.29 is 8.78 Å². The van der Waals surface area contributed by atoms with Crippen LogP contribution < -0.4 is 5.73 Å². The second-order valence-corrected chi connectivity index (χ2v) is 3.17. The summed E-state index contributed by atoms with van der Waals surface area (Å²) < 4.78 is 24.9. The first-order valence-corrected chi connectivity index (χ1v) is 3.59. The minimum absolute atomic E-state index is 0.0605. The van der Waals surface area contributed by atoms with Gasteiger partial charge in [-0.3, -0.25) is 0 Å². The van der Waals surface area contributed by atoms with Gasteiger partial charge in [0.05, 0.1) is 4.99 Å². The van der Waals surface area contributed by atoms with E-state index >= 15 is 0 Å². The third-order valence-electron chi connectivity index (χ3n) is 1.81. The second-order valence-electron chi connectivity index (χ2n) is 2.70. The highest BCUT2D eigenvalue weighted by Gasteiger charge is 2.40. The van der Waals surface area contributed by atoms with Crippen LogP contribution in [0.5, 0.6) is 0 Å². The van der Waals surface area contributed by atoms with Crippen molar-refractivity contribution in [1.82, 2.24) is 0 Å². The summed E-state index contributed by atoms with van der Waals surface area (Å²) in [5, 5.41) is 0. The summed E-state index contributed by atoms with van der Waals surface area (Å²) in [5.74, 6) is -2.75. The largest absolute Gasteiger partial charge is 0.393 e. The Morgan fingerprint density at radius 2 is 2.20 bits per heavy atom. The first-order chi connectivity index (χ1) is 4.51. The monoisotopic (exact) mass is 165 g/mol. The minimum Gasteiger partial charge on any atom is -0.393 e. The number of nitrogens with two attached hydrogens (primary N) is 1. The van der Waals surface area contributed by atoms with Crippen molar-refractivity contribution in [3.63, 3.8) is 0 Å². The molecule has 0 aromatic rings. The molecular formula is C6H9F2NS. The molecular weight excluding hydrogens is 156 g/mol. The fraction of sp³-hybridized carbons (Fsp3) is 0.833. The number of hydrogen-bond acceptors (Lipinski definition) is 1. The van der Waals surface area contributed by atoms with E-state index in [0.29, 0.717) is 6.42 Å². The number of rotatable bonds is 1. The Labute approximate surface area is 63.6 Å². The average Bonchev–Trinajstić information content (AvgIpc) is 2.10. The van der Waals surface area contributed by atoms with Gasteiger partial charge in [-0.1, -0.05) is 12.2 Å². The molecule has 0 spiro atoms. The summed E-state index contributed by atoms with van der Waals surface area (Å²) >= 11 is 4.60. The first kappa shape index (κ1) is 7.85. The van der Waals surface area contributed by atoms with Crippen LogP contribution in [-0.2, 0) is 0 Å². The van der Waals surface area contributed by atoms with Crippen LogP contribution in [0, 0.1) is 5.92 Å². The minimum atomic E-state index is -2.52. The summed E-state index contributed by atoms with van der Waals surface area (Å²) in [4.78, 5) is 0.233. The van der Waals surface area contributed by atoms with Gasteiger partial charge >= 0.3 is 0 Å². The van der Waals surface area contributed by atoms with E-state index in [1.807, 2.05) is 0 Å². The first-order valence-electron chi connectivity index (χ1n) is 3.18. The third-order valence-corrected chi connectivity index (χ3v) is 2.14. The predicted octanol–water partition coefficient (Wildman–Crippen LogP) is 1.71. The molecule has 58 valence electrons. The number of thiocarbonyl (C=S) groups is 1. The molecule has 1 aliphatic carbocycles. The van der Waals surface area contributed by atoms with E-state index in [2.05, 4.69) is 12.2 Å². The van der Waals surface area contributed by atoms with E-state index < -0.39 is 5.92 Å². The van der Waals surface area contributed by atoms with Gasteiger partial charge in [0, 0.05) is 18.8 Å². The van der Waals surface area contributed by atoms with Gasteiger partial charge in [-0.25, -0.2) is 8.78 Å². The Morgan fingerprint density at radius 3 is 2.40 bits per heavy atom. The van der Waals surface area contributed by atoms with Crippen LogP contribution in [0.2, 0.25) is 0 Å². The molecule has 1 saturated carbocycles. The molecule has 0 aromatic heterocycles. The van der Waals surface area contributed by atoms with Crippen LogP contribution in [-0.4, -0.2) is 10.9 Å². The second kappa shape index (κ2) is 2.42. The molecule has 0 amide bonds. The maximum atomic E-state index is 12.4. The van der Waals surface area contributed by atoms with Crippen LogP contribution in [0.3, 0.4) is 0 Å². The zero-order chi connectivity index (χ0) is 7.78. The molecule has 1 aliphatic rings. The number of halogens is 2. The molecule has 2 N–H and O–H groups in total. The summed E-state index contributed by atoms with van der Waals surface area (Å²) in [6.07, 6.45) is 0.236. The lowest BCUT2D eigenvalue weighted by molar-refractivity contribution is 0.00739. The molecule has 0 aromatic carbocycles. The molecule has 0 heterocycles. The van der Waals surface area contributed by atoms with Gasteiger partial charge < -0.3 is 5.73 Å². The molecule has 0 saturated heterocycles. The lowest BCUT2D eigenvalue weighted by Gasteiger charge is -2.07. The maximum absolute atomic E-state index is 12.4. The molecule has 0 radical (unpaired) electrons. The highest BCUT2D eigenvalue weighted by atomic mass is 32.1. The molecule has 1 nitrogen and oxygen atoms in total. The van der Waals surface area contributed by atoms with E-state index in [-0.39, 0.29) is 23.7 Å². The van der Waals surface area contributed by atoms with E-state index in [1.54, 1.807) is 0 Å². The van der Waals surface area contributed by atoms with Gasteiger partial charge in [-0.2, -0.15) is 0 Å². The summed E-state index contributed by atoms with van der Waals surface area (Å²) in [7, 11) is 0. The normalized spacial score (nSPS) is 30.4. The molecule has 1 unspecified atom stereocenters. The zero-order valence-corrected chi connectivity index (χ0v) is 6.26. The van der Waals surface area contributed by atoms with Crippen LogP contribution in [0.25, 0.3) is 0 Å². The van der Waals surface area contributed by atoms with E-state index in [4.69, 9.17) is 5.73 Å². The van der Waals surface area contributed by atoms with Crippen LogP contribution >= 0.6 is 12.2 Å². The van der Waals surface area contributed by atoms with Crippen molar-refractivity contribution in [2.45, 2.75) is 25.2 Å². The van der Waals surface area contributed by atoms with Crippen molar-refractivity contribution in [3.05, 3.63) is 0 Å². The van der Waals surface area contributed by atoms with E-state index in [9.17, 15) is 8.78 Å². The smallest absolute Gasteiger partial charge is 0.248 e. The van der Waals surface area contributed by atoms with E-state index in [1.165, 1.54) is 0 Å². The van der Waals surface area contributed by atoms with E-state index in [0.717, 1.165) is 0 Å². The van der Waals surface area contributed by atoms with Gasteiger partial charge in [-0.15, -0.1) is 0 Å². The summed E-state index contributed by atoms with van der Waals surface area (Å²) in [5.41, 5.74) is 5.22. The van der Waals surface area contributed by atoms with Crippen molar-refractivity contribution in [1.29, 1.82) is 0 Å². The Bertz CT molecular complexity index is 158. The van der Waals surface area contributed by atoms with Crippen LogP contribution in [0.4, 0.5) is 8.78 Å². The van der Waals surface area contributed by atoms with Gasteiger partial charge in [0.15, 0.2) is 0 Å². The Kier molecular flexibility index (Phi) is 1.90. The Hall–Kier alpha value is -0.250. The Balaban J connectivity index is 2.51. The molecule has 1 atom stereocenters. The molecule has 1 rings (SSSR count). The highest BCUT2D eigenvalue weighted by Crippen LogP contribution is 2.38. The average molecular weight is 165 g/mol. The van der Waals surface area contributed by atoms with Gasteiger partial charge in [0.25, 0.3) is 0 Å². The topological polar surface area (TPSA) is 26.0 Å². The maximum Gasteiger partial charge on any atom is 0.248 e. The number of hydrogen-bond donors (Lipinski definition) is 1. The zero-order valence-electron chi connectivity index (χ0n) is 5.44. The highest BCUT2D eigenvalue weighted by molar-refractivity contribution is 7.80. The fourth-order valence-electron chi connectivity index (χ4n) is 1.19. The quantitative estimate of drug-likeness (QED) is 0.598.